The van der Waals surface area contributed by atoms with Crippen molar-refractivity contribution >= 4 is 11.8 Å². The van der Waals surface area contributed by atoms with Crippen LogP contribution in [0.25, 0.3) is 0 Å². The molecule has 0 spiro atoms. The normalized spacial score (nSPS) is 12.1. The quantitative estimate of drug-likeness (QED) is 0.468. The monoisotopic (exact) mass is 223 g/mol. The molecule has 0 aliphatic carbocycles. The summed E-state index contributed by atoms with van der Waals surface area (Å²) in [6.07, 6.45) is 5.12. The van der Waals surface area contributed by atoms with Gasteiger partial charge in [-0.3, -0.25) is 0 Å². The van der Waals surface area contributed by atoms with E-state index in [0.29, 0.717) is 11.8 Å². The Morgan fingerprint density at radius 1 is 1.47 bits per heavy atom. The van der Waals surface area contributed by atoms with Crippen LogP contribution in [0.1, 0.15) is 6.92 Å². The third kappa shape index (κ3) is 4.87. The molecule has 0 saturated carbocycles. The predicted octanol–water partition coefficient (Wildman–Crippen LogP) is 2.53. The van der Waals surface area contributed by atoms with Gasteiger partial charge in [-0.1, -0.05) is 12.8 Å². The molecule has 1 aromatic carbocycles. The Morgan fingerprint density at radius 3 is 2.73 bits per heavy atom. The van der Waals surface area contributed by atoms with Crippen LogP contribution in [-0.2, 0) is 0 Å². The Kier molecular flexibility index (Phi) is 5.23. The summed E-state index contributed by atoms with van der Waals surface area (Å²) in [6, 6.07) is 6.53. The SMILES string of the molecule is C#CCNCC(C)Sc1ccc(F)cc1. The summed E-state index contributed by atoms with van der Waals surface area (Å²) >= 11 is 1.70. The first-order valence-corrected chi connectivity index (χ1v) is 5.66. The number of halogens is 1. The maximum atomic E-state index is 12.6. The Bertz CT molecular complexity index is 328. The number of nitrogens with one attached hydrogen (secondary N) is 1. The molecule has 0 heterocycles. The highest BCUT2D eigenvalue weighted by Crippen LogP contribution is 2.22. The molecule has 0 aliphatic heterocycles. The zero-order chi connectivity index (χ0) is 11.1. The van der Waals surface area contributed by atoms with E-state index in [0.717, 1.165) is 11.4 Å². The molecule has 1 atom stereocenters. The molecule has 0 amide bonds. The molecular formula is C12H14FNS. The predicted molar refractivity (Wildman–Crippen MR) is 63.4 cm³/mol. The first kappa shape index (κ1) is 12.1. The summed E-state index contributed by atoms with van der Waals surface area (Å²) in [6.45, 7) is 3.55. The van der Waals surface area contributed by atoms with Crippen LogP contribution in [0, 0.1) is 18.2 Å². The van der Waals surface area contributed by atoms with Gasteiger partial charge in [-0.2, -0.15) is 0 Å². The van der Waals surface area contributed by atoms with Crippen molar-refractivity contribution in [3.63, 3.8) is 0 Å². The van der Waals surface area contributed by atoms with E-state index >= 15 is 0 Å². The summed E-state index contributed by atoms with van der Waals surface area (Å²) in [7, 11) is 0. The highest BCUT2D eigenvalue weighted by atomic mass is 32.2. The van der Waals surface area contributed by atoms with Crippen LogP contribution < -0.4 is 5.32 Å². The lowest BCUT2D eigenvalue weighted by Gasteiger charge is -2.10. The number of terminal acetylenes is 1. The maximum Gasteiger partial charge on any atom is 0.123 e. The molecule has 1 unspecified atom stereocenters. The van der Waals surface area contributed by atoms with Gasteiger partial charge in [-0.25, -0.2) is 4.39 Å². The molecule has 1 nitrogen and oxygen atoms in total. The van der Waals surface area contributed by atoms with Crippen molar-refractivity contribution in [3.05, 3.63) is 30.1 Å². The van der Waals surface area contributed by atoms with E-state index in [9.17, 15) is 4.39 Å². The minimum atomic E-state index is -0.197. The zero-order valence-electron chi connectivity index (χ0n) is 8.66. The second-order valence-electron chi connectivity index (χ2n) is 3.22. The van der Waals surface area contributed by atoms with Gasteiger partial charge < -0.3 is 5.32 Å². The minimum absolute atomic E-state index is 0.197. The maximum absolute atomic E-state index is 12.6. The molecule has 0 bridgehead atoms. The van der Waals surface area contributed by atoms with Crippen LogP contribution in [-0.4, -0.2) is 18.3 Å². The fraction of sp³-hybridized carbons (Fsp3) is 0.333. The van der Waals surface area contributed by atoms with Gasteiger partial charge in [0.15, 0.2) is 0 Å². The average molecular weight is 223 g/mol. The zero-order valence-corrected chi connectivity index (χ0v) is 9.48. The molecule has 1 aromatic rings. The molecule has 0 fully saturated rings. The second kappa shape index (κ2) is 6.49. The first-order chi connectivity index (χ1) is 7.22. The highest BCUT2D eigenvalue weighted by molar-refractivity contribution is 8.00. The van der Waals surface area contributed by atoms with Crippen molar-refractivity contribution < 1.29 is 4.39 Å². The van der Waals surface area contributed by atoms with Crippen LogP contribution in [0.4, 0.5) is 4.39 Å². The van der Waals surface area contributed by atoms with E-state index in [1.807, 2.05) is 0 Å². The van der Waals surface area contributed by atoms with E-state index in [4.69, 9.17) is 6.42 Å². The van der Waals surface area contributed by atoms with Gasteiger partial charge in [0.1, 0.15) is 5.82 Å². The lowest BCUT2D eigenvalue weighted by molar-refractivity contribution is 0.626. The van der Waals surface area contributed by atoms with E-state index < -0.39 is 0 Å². The van der Waals surface area contributed by atoms with Crippen molar-refractivity contribution in [1.82, 2.24) is 5.32 Å². The van der Waals surface area contributed by atoms with Crippen molar-refractivity contribution in [2.45, 2.75) is 17.1 Å². The van der Waals surface area contributed by atoms with Crippen molar-refractivity contribution in [1.29, 1.82) is 0 Å². The molecule has 1 N–H and O–H groups in total. The molecule has 0 aromatic heterocycles. The lowest BCUT2D eigenvalue weighted by atomic mass is 10.3. The second-order valence-corrected chi connectivity index (χ2v) is 4.73. The molecule has 15 heavy (non-hydrogen) atoms. The third-order valence-corrected chi connectivity index (χ3v) is 2.92. The Labute approximate surface area is 94.5 Å². The summed E-state index contributed by atoms with van der Waals surface area (Å²) in [5.41, 5.74) is 0. The van der Waals surface area contributed by atoms with Crippen LogP contribution in [0.5, 0.6) is 0 Å². The summed E-state index contributed by atoms with van der Waals surface area (Å²) in [5.74, 6) is 2.33. The number of thioether (sulfide) groups is 1. The molecule has 0 radical (unpaired) electrons. The van der Waals surface area contributed by atoms with Gasteiger partial charge in [-0.15, -0.1) is 18.2 Å². The van der Waals surface area contributed by atoms with Gasteiger partial charge in [0.25, 0.3) is 0 Å². The number of hydrogen-bond acceptors (Lipinski definition) is 2. The summed E-state index contributed by atoms with van der Waals surface area (Å²) < 4.78 is 12.6. The average Bonchev–Trinajstić information content (AvgIpc) is 2.22. The van der Waals surface area contributed by atoms with E-state index in [1.54, 1.807) is 23.9 Å². The van der Waals surface area contributed by atoms with Crippen LogP contribution in [0.2, 0.25) is 0 Å². The van der Waals surface area contributed by atoms with Crippen molar-refractivity contribution in [2.24, 2.45) is 0 Å². The molecule has 1 rings (SSSR count). The largest absolute Gasteiger partial charge is 0.305 e. The summed E-state index contributed by atoms with van der Waals surface area (Å²) in [4.78, 5) is 1.08. The van der Waals surface area contributed by atoms with Gasteiger partial charge in [-0.05, 0) is 24.3 Å². The third-order valence-electron chi connectivity index (χ3n) is 1.81. The fourth-order valence-electron chi connectivity index (χ4n) is 1.13. The smallest absolute Gasteiger partial charge is 0.123 e. The Morgan fingerprint density at radius 2 is 2.13 bits per heavy atom. The molecule has 80 valence electrons. The molecule has 3 heteroatoms. The van der Waals surface area contributed by atoms with Gasteiger partial charge >= 0.3 is 0 Å². The van der Waals surface area contributed by atoms with Crippen LogP contribution in [0.3, 0.4) is 0 Å². The van der Waals surface area contributed by atoms with Gasteiger partial charge in [0.05, 0.1) is 6.54 Å². The first-order valence-electron chi connectivity index (χ1n) is 4.79. The van der Waals surface area contributed by atoms with Crippen LogP contribution >= 0.6 is 11.8 Å². The Hall–Kier alpha value is -0.980. The molecule has 0 saturated heterocycles. The lowest BCUT2D eigenvalue weighted by Crippen LogP contribution is -2.22. The summed E-state index contributed by atoms with van der Waals surface area (Å²) in [5, 5.41) is 3.56. The van der Waals surface area contributed by atoms with Gasteiger partial charge in [0, 0.05) is 16.7 Å². The van der Waals surface area contributed by atoms with Crippen molar-refractivity contribution in [3.8, 4) is 12.3 Å². The molecular weight excluding hydrogens is 209 g/mol. The van der Waals surface area contributed by atoms with E-state index in [-0.39, 0.29) is 5.82 Å². The minimum Gasteiger partial charge on any atom is -0.305 e. The highest BCUT2D eigenvalue weighted by Gasteiger charge is 2.03. The van der Waals surface area contributed by atoms with Gasteiger partial charge in [0.2, 0.25) is 0 Å². The fourth-order valence-corrected chi connectivity index (χ4v) is 2.09. The number of rotatable bonds is 5. The van der Waals surface area contributed by atoms with E-state index in [2.05, 4.69) is 18.2 Å². The number of benzene rings is 1. The molecule has 0 aliphatic rings. The van der Waals surface area contributed by atoms with Crippen molar-refractivity contribution in [2.75, 3.05) is 13.1 Å². The topological polar surface area (TPSA) is 12.0 Å². The van der Waals surface area contributed by atoms with E-state index in [1.165, 1.54) is 12.1 Å². The number of hydrogen-bond donors (Lipinski definition) is 1. The van der Waals surface area contributed by atoms with Crippen LogP contribution in [0.15, 0.2) is 29.2 Å². The standard InChI is InChI=1S/C12H14FNS/c1-3-8-14-9-10(2)15-12-6-4-11(13)5-7-12/h1,4-7,10,14H,8-9H2,2H3. The Balaban J connectivity index is 2.34.